The first-order valence-electron chi connectivity index (χ1n) is 7.57. The first-order chi connectivity index (χ1) is 11.3. The predicted octanol–water partition coefficient (Wildman–Crippen LogP) is 5.19. The van der Waals surface area contributed by atoms with Gasteiger partial charge in [-0.15, -0.1) is 0 Å². The zero-order chi connectivity index (χ0) is 15.6. The van der Waals surface area contributed by atoms with Crippen molar-refractivity contribution < 1.29 is 0 Å². The number of anilines is 1. The fourth-order valence-corrected chi connectivity index (χ4v) is 3.84. The zero-order valence-electron chi connectivity index (χ0n) is 12.3. The summed E-state index contributed by atoms with van der Waals surface area (Å²) in [4.78, 5) is 0. The highest BCUT2D eigenvalue weighted by molar-refractivity contribution is 6.35. The van der Waals surface area contributed by atoms with Gasteiger partial charge in [0.15, 0.2) is 0 Å². The lowest BCUT2D eigenvalue weighted by molar-refractivity contribution is 1.50. The molecule has 0 bridgehead atoms. The summed E-state index contributed by atoms with van der Waals surface area (Å²) >= 11 is 0. The van der Waals surface area contributed by atoms with Gasteiger partial charge in [0.05, 0.1) is 11.3 Å². The van der Waals surface area contributed by atoms with Gasteiger partial charge in [-0.3, -0.25) is 0 Å². The number of nitrogens with two attached hydrogens (primary N) is 1. The first kappa shape index (κ1) is 12.3. The van der Waals surface area contributed by atoms with E-state index in [1.165, 1.54) is 21.5 Å². The van der Waals surface area contributed by atoms with Crippen LogP contribution in [0.25, 0.3) is 43.1 Å². The van der Waals surface area contributed by atoms with E-state index in [0.29, 0.717) is 11.3 Å². The average Bonchev–Trinajstić information content (AvgIpc) is 2.60. The number of rotatable bonds is 0. The lowest BCUT2D eigenvalue weighted by Gasteiger charge is -2.16. The van der Waals surface area contributed by atoms with Crippen molar-refractivity contribution in [2.24, 2.45) is 0 Å². The number of hydrogen-bond acceptors (Lipinski definition) is 2. The van der Waals surface area contributed by atoms with Gasteiger partial charge in [0, 0.05) is 5.39 Å². The van der Waals surface area contributed by atoms with Crippen molar-refractivity contribution in [2.75, 3.05) is 5.73 Å². The van der Waals surface area contributed by atoms with E-state index in [2.05, 4.69) is 54.6 Å². The molecule has 0 atom stereocenters. The highest BCUT2D eigenvalue weighted by atomic mass is 14.6. The van der Waals surface area contributed by atoms with Crippen molar-refractivity contribution in [3.63, 3.8) is 0 Å². The van der Waals surface area contributed by atoms with E-state index >= 15 is 0 Å². The molecule has 23 heavy (non-hydrogen) atoms. The molecule has 106 valence electrons. The molecule has 0 saturated carbocycles. The van der Waals surface area contributed by atoms with Crippen LogP contribution in [0.3, 0.4) is 0 Å². The standard InChI is InChI=1S/C21H12N2/c22-11-14-10-13-6-3-8-16-15-7-1-4-12-5-2-9-17(18(12)15)20(19(13)16)21(14)23/h1-10H,23H2. The highest BCUT2D eigenvalue weighted by Gasteiger charge is 2.16. The van der Waals surface area contributed by atoms with Crippen molar-refractivity contribution in [3.05, 3.63) is 66.2 Å². The molecule has 0 spiro atoms. The Morgan fingerprint density at radius 1 is 0.696 bits per heavy atom. The number of hydrogen-bond donors (Lipinski definition) is 1. The Hall–Kier alpha value is -3.31. The Bertz CT molecular complexity index is 1270. The Kier molecular flexibility index (Phi) is 2.19. The Balaban J connectivity index is 2.29. The second-order valence-corrected chi connectivity index (χ2v) is 5.94. The summed E-state index contributed by atoms with van der Waals surface area (Å²) in [7, 11) is 0. The maximum atomic E-state index is 9.44. The van der Waals surface area contributed by atoms with E-state index in [-0.39, 0.29) is 0 Å². The second-order valence-electron chi connectivity index (χ2n) is 5.94. The third-order valence-electron chi connectivity index (χ3n) is 4.79. The molecule has 5 aromatic carbocycles. The molecule has 5 rings (SSSR count). The molecule has 0 aliphatic heterocycles. The van der Waals surface area contributed by atoms with Crippen molar-refractivity contribution in [2.45, 2.75) is 0 Å². The number of nitriles is 1. The quantitative estimate of drug-likeness (QED) is 0.242. The summed E-state index contributed by atoms with van der Waals surface area (Å²) in [5.74, 6) is 0. The molecule has 5 aromatic rings. The molecule has 0 amide bonds. The molecule has 0 saturated heterocycles. The van der Waals surface area contributed by atoms with Crippen molar-refractivity contribution in [3.8, 4) is 6.07 Å². The highest BCUT2D eigenvalue weighted by Crippen LogP contribution is 2.43. The normalized spacial score (nSPS) is 11.6. The molecule has 0 unspecified atom stereocenters. The molecular weight excluding hydrogens is 280 g/mol. The minimum atomic E-state index is 0.543. The van der Waals surface area contributed by atoms with Crippen LogP contribution in [0.1, 0.15) is 5.56 Å². The van der Waals surface area contributed by atoms with E-state index in [9.17, 15) is 5.26 Å². The van der Waals surface area contributed by atoms with Crippen LogP contribution in [0.15, 0.2) is 60.7 Å². The maximum Gasteiger partial charge on any atom is 0.101 e. The molecule has 2 heteroatoms. The van der Waals surface area contributed by atoms with Crippen molar-refractivity contribution in [1.29, 1.82) is 5.26 Å². The van der Waals surface area contributed by atoms with Crippen LogP contribution in [-0.4, -0.2) is 0 Å². The van der Waals surface area contributed by atoms with E-state index in [4.69, 9.17) is 5.73 Å². The van der Waals surface area contributed by atoms with Gasteiger partial charge in [-0.1, -0.05) is 54.6 Å². The van der Waals surface area contributed by atoms with Gasteiger partial charge in [0.1, 0.15) is 6.07 Å². The molecule has 0 heterocycles. The molecule has 0 radical (unpaired) electrons. The van der Waals surface area contributed by atoms with Gasteiger partial charge < -0.3 is 5.73 Å². The van der Waals surface area contributed by atoms with E-state index in [0.717, 1.165) is 21.5 Å². The minimum absolute atomic E-state index is 0.543. The summed E-state index contributed by atoms with van der Waals surface area (Å²) in [6, 6.07) is 23.0. The molecule has 0 aliphatic rings. The third-order valence-corrected chi connectivity index (χ3v) is 4.79. The smallest absolute Gasteiger partial charge is 0.101 e. The van der Waals surface area contributed by atoms with Crippen LogP contribution in [0.5, 0.6) is 0 Å². The maximum absolute atomic E-state index is 9.44. The Morgan fingerprint density at radius 2 is 1.30 bits per heavy atom. The van der Waals surface area contributed by atoms with Gasteiger partial charge in [-0.05, 0) is 43.8 Å². The molecule has 2 nitrogen and oxygen atoms in total. The summed E-state index contributed by atoms with van der Waals surface area (Å²) in [5, 5.41) is 18.6. The number of fused-ring (bicyclic) bond motifs is 2. The SMILES string of the molecule is N#Cc1cc2cccc3c4cccc5cccc(c(c1N)c23)c54. The van der Waals surface area contributed by atoms with Crippen LogP contribution in [0.2, 0.25) is 0 Å². The molecule has 2 N–H and O–H groups in total. The largest absolute Gasteiger partial charge is 0.397 e. The summed E-state index contributed by atoms with van der Waals surface area (Å²) in [5.41, 5.74) is 7.50. The van der Waals surface area contributed by atoms with Crippen molar-refractivity contribution >= 4 is 48.8 Å². The average molecular weight is 292 g/mol. The lowest BCUT2D eigenvalue weighted by Crippen LogP contribution is -1.95. The Labute approximate surface area is 132 Å². The fourth-order valence-electron chi connectivity index (χ4n) is 3.84. The molecule has 0 fully saturated rings. The molecular formula is C21H12N2. The summed E-state index contributed by atoms with van der Waals surface area (Å²) in [6.07, 6.45) is 0. The van der Waals surface area contributed by atoms with E-state index < -0.39 is 0 Å². The Morgan fingerprint density at radius 3 is 2.00 bits per heavy atom. The first-order valence-corrected chi connectivity index (χ1v) is 7.57. The van der Waals surface area contributed by atoms with Crippen LogP contribution in [0.4, 0.5) is 5.69 Å². The summed E-state index contributed by atoms with van der Waals surface area (Å²) in [6.45, 7) is 0. The van der Waals surface area contributed by atoms with E-state index in [1.807, 2.05) is 12.1 Å². The van der Waals surface area contributed by atoms with Crippen molar-refractivity contribution in [1.82, 2.24) is 0 Å². The lowest BCUT2D eigenvalue weighted by atomic mass is 9.88. The van der Waals surface area contributed by atoms with Crippen LogP contribution < -0.4 is 5.73 Å². The number of nitrogens with zero attached hydrogens (tertiary/aromatic N) is 1. The number of benzene rings is 5. The number of nitrogen functional groups attached to an aromatic ring is 1. The third kappa shape index (κ3) is 1.41. The van der Waals surface area contributed by atoms with Gasteiger partial charge in [0.2, 0.25) is 0 Å². The second kappa shape index (κ2) is 4.12. The van der Waals surface area contributed by atoms with Gasteiger partial charge in [-0.25, -0.2) is 0 Å². The fraction of sp³-hybridized carbons (Fsp3) is 0. The van der Waals surface area contributed by atoms with Gasteiger partial charge in [-0.2, -0.15) is 5.26 Å². The zero-order valence-corrected chi connectivity index (χ0v) is 12.3. The monoisotopic (exact) mass is 292 g/mol. The predicted molar refractivity (Wildman–Crippen MR) is 96.8 cm³/mol. The molecule has 0 aromatic heterocycles. The molecule has 0 aliphatic carbocycles. The van der Waals surface area contributed by atoms with Crippen LogP contribution >= 0.6 is 0 Å². The summed E-state index contributed by atoms with van der Waals surface area (Å²) < 4.78 is 0. The van der Waals surface area contributed by atoms with Gasteiger partial charge in [0.25, 0.3) is 0 Å². The van der Waals surface area contributed by atoms with Gasteiger partial charge >= 0.3 is 0 Å². The minimum Gasteiger partial charge on any atom is -0.397 e. The van der Waals surface area contributed by atoms with Crippen LogP contribution in [-0.2, 0) is 0 Å². The van der Waals surface area contributed by atoms with E-state index in [1.54, 1.807) is 0 Å². The van der Waals surface area contributed by atoms with Crippen LogP contribution in [0, 0.1) is 11.3 Å². The topological polar surface area (TPSA) is 49.8 Å².